The standard InChI is InChI=1S/C18H29N5/c1-19-22-23(2)17-5-3-16(4-6-17)21-12-9-15-13-18(15)14-7-10-20-11-8-14/h3-6,14-15,18,20-21H,7-13H2,1-2H3/t15-,18-/m1/s1. The normalized spacial score (nSPS) is 24.8. The number of nitrogens with one attached hydrogen (secondary N) is 2. The molecular formula is C18H29N5. The van der Waals surface area contributed by atoms with Crippen molar-refractivity contribution in [2.45, 2.75) is 25.7 Å². The highest BCUT2D eigenvalue weighted by atomic mass is 15.5. The number of benzene rings is 1. The molecule has 0 aromatic heterocycles. The zero-order valence-corrected chi connectivity index (χ0v) is 14.3. The van der Waals surface area contributed by atoms with Crippen molar-refractivity contribution in [2.24, 2.45) is 28.1 Å². The summed E-state index contributed by atoms with van der Waals surface area (Å²) in [5, 5.41) is 16.6. The van der Waals surface area contributed by atoms with Gasteiger partial charge in [0.1, 0.15) is 0 Å². The van der Waals surface area contributed by atoms with Crippen molar-refractivity contribution in [1.82, 2.24) is 5.32 Å². The van der Waals surface area contributed by atoms with Crippen LogP contribution in [0.25, 0.3) is 0 Å². The Bertz CT molecular complexity index is 507. The Kier molecular flexibility index (Phi) is 5.49. The summed E-state index contributed by atoms with van der Waals surface area (Å²) in [7, 11) is 3.59. The molecule has 0 radical (unpaired) electrons. The van der Waals surface area contributed by atoms with Crippen LogP contribution >= 0.6 is 0 Å². The second-order valence-corrected chi connectivity index (χ2v) is 6.82. The lowest BCUT2D eigenvalue weighted by atomic mass is 9.91. The number of anilines is 2. The second-order valence-electron chi connectivity index (χ2n) is 6.82. The fraction of sp³-hybridized carbons (Fsp3) is 0.667. The summed E-state index contributed by atoms with van der Waals surface area (Å²) in [4.78, 5) is 0. The molecule has 0 bridgehead atoms. The van der Waals surface area contributed by atoms with Crippen LogP contribution in [0.1, 0.15) is 25.7 Å². The second kappa shape index (κ2) is 7.77. The molecule has 3 rings (SSSR count). The maximum atomic E-state index is 4.00. The number of piperidine rings is 1. The summed E-state index contributed by atoms with van der Waals surface area (Å²) < 4.78 is 0. The van der Waals surface area contributed by atoms with E-state index in [1.807, 2.05) is 7.05 Å². The van der Waals surface area contributed by atoms with E-state index in [1.165, 1.54) is 44.5 Å². The molecule has 1 heterocycles. The molecule has 1 aliphatic heterocycles. The lowest BCUT2D eigenvalue weighted by molar-refractivity contribution is 0.322. The molecule has 1 saturated carbocycles. The van der Waals surface area contributed by atoms with Crippen LogP contribution in [0.5, 0.6) is 0 Å². The van der Waals surface area contributed by atoms with E-state index in [1.54, 1.807) is 12.1 Å². The first-order valence-electron chi connectivity index (χ1n) is 8.86. The Balaban J connectivity index is 1.38. The number of hydrogen-bond acceptors (Lipinski definition) is 4. The summed E-state index contributed by atoms with van der Waals surface area (Å²) in [6.45, 7) is 3.53. The molecule has 126 valence electrons. The Morgan fingerprint density at radius 1 is 1.22 bits per heavy atom. The van der Waals surface area contributed by atoms with Crippen LogP contribution in [-0.2, 0) is 0 Å². The van der Waals surface area contributed by atoms with Gasteiger partial charge in [0.2, 0.25) is 0 Å². The molecule has 2 atom stereocenters. The third-order valence-corrected chi connectivity index (χ3v) is 5.28. The Morgan fingerprint density at radius 3 is 2.65 bits per heavy atom. The van der Waals surface area contributed by atoms with Gasteiger partial charge in [-0.1, -0.05) is 5.22 Å². The van der Waals surface area contributed by atoms with Gasteiger partial charge in [0.05, 0.1) is 12.7 Å². The zero-order valence-electron chi connectivity index (χ0n) is 14.3. The molecule has 2 fully saturated rings. The summed E-state index contributed by atoms with van der Waals surface area (Å²) in [5.74, 6) is 2.96. The first-order chi connectivity index (χ1) is 11.3. The molecule has 5 heteroatoms. The average molecular weight is 315 g/mol. The van der Waals surface area contributed by atoms with Crippen LogP contribution in [0.3, 0.4) is 0 Å². The first kappa shape index (κ1) is 16.2. The fourth-order valence-corrected chi connectivity index (χ4v) is 3.84. The van der Waals surface area contributed by atoms with E-state index in [-0.39, 0.29) is 0 Å². The minimum absolute atomic E-state index is 0.959. The molecule has 0 spiro atoms. The van der Waals surface area contributed by atoms with Crippen molar-refractivity contribution in [1.29, 1.82) is 0 Å². The van der Waals surface area contributed by atoms with Crippen LogP contribution in [0.2, 0.25) is 0 Å². The van der Waals surface area contributed by atoms with Crippen molar-refractivity contribution >= 4 is 11.4 Å². The molecule has 1 aromatic carbocycles. The van der Waals surface area contributed by atoms with Gasteiger partial charge in [0.15, 0.2) is 0 Å². The van der Waals surface area contributed by atoms with E-state index in [2.05, 4.69) is 45.2 Å². The molecular weight excluding hydrogens is 286 g/mol. The van der Waals surface area contributed by atoms with Gasteiger partial charge in [-0.3, -0.25) is 5.01 Å². The predicted molar refractivity (Wildman–Crippen MR) is 95.9 cm³/mol. The molecule has 2 N–H and O–H groups in total. The number of rotatable bonds is 7. The van der Waals surface area contributed by atoms with E-state index in [0.717, 1.165) is 30.0 Å². The summed E-state index contributed by atoms with van der Waals surface area (Å²) >= 11 is 0. The predicted octanol–water partition coefficient (Wildman–Crippen LogP) is 3.56. The lowest BCUT2D eigenvalue weighted by Crippen LogP contribution is -2.29. The van der Waals surface area contributed by atoms with Gasteiger partial charge in [-0.05, 0) is 80.8 Å². The van der Waals surface area contributed by atoms with Crippen LogP contribution < -0.4 is 15.6 Å². The number of hydrogen-bond donors (Lipinski definition) is 2. The highest BCUT2D eigenvalue weighted by Gasteiger charge is 2.41. The third-order valence-electron chi connectivity index (χ3n) is 5.28. The van der Waals surface area contributed by atoms with E-state index in [0.29, 0.717) is 0 Å². The smallest absolute Gasteiger partial charge is 0.0609 e. The van der Waals surface area contributed by atoms with Gasteiger partial charge >= 0.3 is 0 Å². The Labute approximate surface area is 139 Å². The van der Waals surface area contributed by atoms with E-state index >= 15 is 0 Å². The van der Waals surface area contributed by atoms with Crippen LogP contribution in [0.4, 0.5) is 11.4 Å². The summed E-state index contributed by atoms with van der Waals surface area (Å²) in [6.07, 6.45) is 5.54. The molecule has 5 nitrogen and oxygen atoms in total. The van der Waals surface area contributed by atoms with E-state index in [4.69, 9.17) is 0 Å². The molecule has 0 amide bonds. The van der Waals surface area contributed by atoms with Gasteiger partial charge in [-0.25, -0.2) is 0 Å². The van der Waals surface area contributed by atoms with Crippen molar-refractivity contribution in [3.8, 4) is 0 Å². The SMILES string of the molecule is CN=NN(C)c1ccc(NCC[C@@H]2C[C@@H]2C2CCNCC2)cc1. The lowest BCUT2D eigenvalue weighted by Gasteiger charge is -2.22. The highest BCUT2D eigenvalue weighted by molar-refractivity contribution is 5.54. The monoisotopic (exact) mass is 315 g/mol. The highest BCUT2D eigenvalue weighted by Crippen LogP contribution is 2.49. The van der Waals surface area contributed by atoms with Gasteiger partial charge in [0.25, 0.3) is 0 Å². The topological polar surface area (TPSA) is 52.0 Å². The molecule has 0 unspecified atom stereocenters. The number of nitrogens with zero attached hydrogens (tertiary/aromatic N) is 3. The average Bonchev–Trinajstić information content (AvgIpc) is 3.36. The van der Waals surface area contributed by atoms with Crippen LogP contribution in [-0.4, -0.2) is 33.7 Å². The Hall–Kier alpha value is -1.62. The van der Waals surface area contributed by atoms with E-state index in [9.17, 15) is 0 Å². The van der Waals surface area contributed by atoms with Crippen molar-refractivity contribution in [3.63, 3.8) is 0 Å². The zero-order chi connectivity index (χ0) is 16.1. The molecule has 1 aromatic rings. The first-order valence-corrected chi connectivity index (χ1v) is 8.86. The van der Waals surface area contributed by atoms with Crippen LogP contribution in [0, 0.1) is 17.8 Å². The van der Waals surface area contributed by atoms with Gasteiger partial charge < -0.3 is 10.6 Å². The summed E-state index contributed by atoms with van der Waals surface area (Å²) in [6, 6.07) is 8.39. The molecule has 1 aliphatic carbocycles. The Morgan fingerprint density at radius 2 is 1.96 bits per heavy atom. The molecule has 1 saturated heterocycles. The quantitative estimate of drug-likeness (QED) is 0.597. The summed E-state index contributed by atoms with van der Waals surface area (Å²) in [5.41, 5.74) is 2.24. The van der Waals surface area contributed by atoms with Gasteiger partial charge in [0, 0.05) is 19.3 Å². The van der Waals surface area contributed by atoms with Crippen LogP contribution in [0.15, 0.2) is 34.6 Å². The van der Waals surface area contributed by atoms with Crippen molar-refractivity contribution < 1.29 is 0 Å². The maximum absolute atomic E-state index is 4.00. The van der Waals surface area contributed by atoms with Gasteiger partial charge in [-0.2, -0.15) is 5.11 Å². The van der Waals surface area contributed by atoms with Gasteiger partial charge in [-0.15, -0.1) is 0 Å². The third kappa shape index (κ3) is 4.44. The maximum Gasteiger partial charge on any atom is 0.0609 e. The minimum Gasteiger partial charge on any atom is -0.385 e. The van der Waals surface area contributed by atoms with Crippen molar-refractivity contribution in [2.75, 3.05) is 44.1 Å². The molecule has 23 heavy (non-hydrogen) atoms. The fourth-order valence-electron chi connectivity index (χ4n) is 3.84. The largest absolute Gasteiger partial charge is 0.385 e. The van der Waals surface area contributed by atoms with E-state index < -0.39 is 0 Å². The minimum atomic E-state index is 0.959. The molecule has 2 aliphatic rings. The van der Waals surface area contributed by atoms with Crippen molar-refractivity contribution in [3.05, 3.63) is 24.3 Å².